The first-order valence-electron chi connectivity index (χ1n) is 9.97. The van der Waals surface area contributed by atoms with Gasteiger partial charge in [0.2, 0.25) is 0 Å². The molecule has 3 heterocycles. The van der Waals surface area contributed by atoms with E-state index in [1.807, 2.05) is 19.1 Å². The summed E-state index contributed by atoms with van der Waals surface area (Å²) < 4.78 is 5.42. The minimum atomic E-state index is -0.589. The number of hydrogen-bond donors (Lipinski definition) is 1. The van der Waals surface area contributed by atoms with Crippen LogP contribution in [0.5, 0.6) is 5.75 Å². The van der Waals surface area contributed by atoms with Gasteiger partial charge in [0.25, 0.3) is 5.91 Å². The second-order valence-electron chi connectivity index (χ2n) is 7.20. The smallest absolute Gasteiger partial charge is 0.362 e. The van der Waals surface area contributed by atoms with Gasteiger partial charge in [-0.3, -0.25) is 4.79 Å². The number of rotatable bonds is 6. The molecule has 2 aromatic heterocycles. The third-order valence-corrected chi connectivity index (χ3v) is 4.94. The van der Waals surface area contributed by atoms with E-state index in [0.717, 1.165) is 11.1 Å². The SMILES string of the molecule is Cc1cc(CN2Cc3c(ccnc3C(=O)Oc3ccccc3)C2=O)cnc1N=C/C=C\N. The Kier molecular flexibility index (Phi) is 6.03. The number of fused-ring (bicyclic) bond motifs is 1. The molecule has 0 aliphatic carbocycles. The van der Waals surface area contributed by atoms with E-state index in [9.17, 15) is 9.59 Å². The van der Waals surface area contributed by atoms with Crippen molar-refractivity contribution in [2.45, 2.75) is 20.0 Å². The Bertz CT molecular complexity index is 1220. The molecule has 1 aromatic carbocycles. The van der Waals surface area contributed by atoms with Crippen molar-refractivity contribution >= 4 is 23.9 Å². The standard InChI is InChI=1S/C24H21N5O3/c1-16-12-17(13-28-22(16)27-10-5-9-25)14-29-15-20-19(23(29)30)8-11-26-21(20)24(31)32-18-6-3-2-4-7-18/h2-13H,14-15,25H2,1H3/b9-5-,27-10?. The Hall–Kier alpha value is -4.33. The van der Waals surface area contributed by atoms with Crippen LogP contribution in [0.2, 0.25) is 0 Å². The van der Waals surface area contributed by atoms with Gasteiger partial charge in [-0.2, -0.15) is 0 Å². The monoisotopic (exact) mass is 427 g/mol. The molecule has 0 atom stereocenters. The summed E-state index contributed by atoms with van der Waals surface area (Å²) in [4.78, 5) is 40.1. The summed E-state index contributed by atoms with van der Waals surface area (Å²) in [5.41, 5.74) is 8.21. The molecule has 8 nitrogen and oxygen atoms in total. The topological polar surface area (TPSA) is 111 Å². The van der Waals surface area contributed by atoms with Gasteiger partial charge < -0.3 is 15.4 Å². The van der Waals surface area contributed by atoms with Crippen molar-refractivity contribution in [1.29, 1.82) is 0 Å². The molecule has 0 unspecified atom stereocenters. The lowest BCUT2D eigenvalue weighted by atomic mass is 10.1. The van der Waals surface area contributed by atoms with Gasteiger partial charge >= 0.3 is 5.97 Å². The zero-order valence-corrected chi connectivity index (χ0v) is 17.4. The van der Waals surface area contributed by atoms with Crippen LogP contribution in [0.3, 0.4) is 0 Å². The predicted molar refractivity (Wildman–Crippen MR) is 120 cm³/mol. The van der Waals surface area contributed by atoms with Gasteiger partial charge in [-0.15, -0.1) is 0 Å². The van der Waals surface area contributed by atoms with Crippen molar-refractivity contribution in [2.75, 3.05) is 0 Å². The van der Waals surface area contributed by atoms with E-state index in [1.165, 1.54) is 12.4 Å². The van der Waals surface area contributed by atoms with E-state index in [2.05, 4.69) is 15.0 Å². The minimum absolute atomic E-state index is 0.147. The predicted octanol–water partition coefficient (Wildman–Crippen LogP) is 3.33. The number of nitrogens with two attached hydrogens (primary N) is 1. The quantitative estimate of drug-likeness (QED) is 0.367. The summed E-state index contributed by atoms with van der Waals surface area (Å²) in [5.74, 6) is 0.250. The van der Waals surface area contributed by atoms with Crippen LogP contribution in [0.15, 0.2) is 72.1 Å². The first kappa shape index (κ1) is 20.9. The Labute approximate surface area is 185 Å². The molecule has 0 spiro atoms. The number of pyridine rings is 2. The number of nitrogens with zero attached hydrogens (tertiary/aromatic N) is 4. The number of para-hydroxylation sites is 1. The van der Waals surface area contributed by atoms with Gasteiger partial charge in [0.15, 0.2) is 11.5 Å². The highest BCUT2D eigenvalue weighted by atomic mass is 16.5. The Morgan fingerprint density at radius 2 is 2.06 bits per heavy atom. The fraction of sp³-hybridized carbons (Fsp3) is 0.125. The number of carbonyl (C=O) groups is 2. The average molecular weight is 427 g/mol. The lowest BCUT2D eigenvalue weighted by Crippen LogP contribution is -2.23. The maximum atomic E-state index is 12.9. The van der Waals surface area contributed by atoms with Crippen LogP contribution in [-0.2, 0) is 13.1 Å². The van der Waals surface area contributed by atoms with Crippen LogP contribution in [0, 0.1) is 6.92 Å². The lowest BCUT2D eigenvalue weighted by Gasteiger charge is -2.16. The van der Waals surface area contributed by atoms with E-state index < -0.39 is 5.97 Å². The largest absolute Gasteiger partial charge is 0.422 e. The number of carbonyl (C=O) groups excluding carboxylic acids is 2. The van der Waals surface area contributed by atoms with Crippen molar-refractivity contribution in [2.24, 2.45) is 10.7 Å². The first-order chi connectivity index (χ1) is 15.6. The molecule has 0 saturated carbocycles. The second-order valence-corrected chi connectivity index (χ2v) is 7.20. The van der Waals surface area contributed by atoms with E-state index >= 15 is 0 Å². The Balaban J connectivity index is 1.52. The number of allylic oxidation sites excluding steroid dienone is 1. The highest BCUT2D eigenvalue weighted by Crippen LogP contribution is 2.28. The van der Waals surface area contributed by atoms with Crippen LogP contribution in [0.25, 0.3) is 0 Å². The van der Waals surface area contributed by atoms with Crippen molar-refractivity contribution < 1.29 is 14.3 Å². The van der Waals surface area contributed by atoms with Crippen LogP contribution in [0.4, 0.5) is 5.82 Å². The number of benzene rings is 1. The third kappa shape index (κ3) is 4.39. The van der Waals surface area contributed by atoms with E-state index in [4.69, 9.17) is 10.5 Å². The molecular weight excluding hydrogens is 406 g/mol. The van der Waals surface area contributed by atoms with Crippen molar-refractivity contribution in [3.8, 4) is 5.75 Å². The molecule has 1 aliphatic heterocycles. The Morgan fingerprint density at radius 3 is 2.81 bits per heavy atom. The normalized spacial score (nSPS) is 13.2. The average Bonchev–Trinajstić information content (AvgIpc) is 3.11. The highest BCUT2D eigenvalue weighted by Gasteiger charge is 2.32. The molecule has 32 heavy (non-hydrogen) atoms. The van der Waals surface area contributed by atoms with Gasteiger partial charge in [-0.05, 0) is 54.6 Å². The number of ether oxygens (including phenoxy) is 1. The highest BCUT2D eigenvalue weighted by molar-refractivity contribution is 6.02. The molecule has 0 radical (unpaired) electrons. The number of aryl methyl sites for hydroxylation is 1. The molecule has 2 N–H and O–H groups in total. The van der Waals surface area contributed by atoms with Crippen molar-refractivity contribution in [1.82, 2.24) is 14.9 Å². The third-order valence-electron chi connectivity index (χ3n) is 4.94. The minimum Gasteiger partial charge on any atom is -0.422 e. The molecule has 1 aliphatic rings. The molecule has 8 heteroatoms. The molecule has 0 saturated heterocycles. The number of amides is 1. The maximum absolute atomic E-state index is 12.9. The van der Waals surface area contributed by atoms with Crippen LogP contribution < -0.4 is 10.5 Å². The first-order valence-corrected chi connectivity index (χ1v) is 9.97. The summed E-state index contributed by atoms with van der Waals surface area (Å²) in [7, 11) is 0. The molecule has 4 rings (SSSR count). The second kappa shape index (κ2) is 9.22. The van der Waals surface area contributed by atoms with Gasteiger partial charge in [-0.1, -0.05) is 18.2 Å². The zero-order valence-electron chi connectivity index (χ0n) is 17.4. The molecule has 0 bridgehead atoms. The van der Waals surface area contributed by atoms with Crippen molar-refractivity contribution in [3.63, 3.8) is 0 Å². The molecule has 160 valence electrons. The maximum Gasteiger partial charge on any atom is 0.362 e. The lowest BCUT2D eigenvalue weighted by molar-refractivity contribution is 0.0721. The number of aromatic nitrogens is 2. The number of aliphatic imine (C=N–C) groups is 1. The molecule has 1 amide bonds. The number of hydrogen-bond acceptors (Lipinski definition) is 7. The van der Waals surface area contributed by atoms with Crippen molar-refractivity contribution in [3.05, 3.63) is 95.1 Å². The van der Waals surface area contributed by atoms with E-state index in [0.29, 0.717) is 29.2 Å². The summed E-state index contributed by atoms with van der Waals surface area (Å²) >= 11 is 0. The van der Waals surface area contributed by atoms with Gasteiger partial charge in [0, 0.05) is 42.8 Å². The van der Waals surface area contributed by atoms with Gasteiger partial charge in [0.05, 0.1) is 0 Å². The van der Waals surface area contributed by atoms with Gasteiger partial charge in [-0.25, -0.2) is 19.8 Å². The van der Waals surface area contributed by atoms with Crippen LogP contribution in [-0.4, -0.2) is 33.0 Å². The van der Waals surface area contributed by atoms with Gasteiger partial charge in [0.1, 0.15) is 5.75 Å². The van der Waals surface area contributed by atoms with E-state index in [-0.39, 0.29) is 18.1 Å². The molecule has 3 aromatic rings. The summed E-state index contributed by atoms with van der Waals surface area (Å²) in [6.07, 6.45) is 7.71. The fourth-order valence-corrected chi connectivity index (χ4v) is 3.46. The summed E-state index contributed by atoms with van der Waals surface area (Å²) in [6.45, 7) is 2.51. The summed E-state index contributed by atoms with van der Waals surface area (Å²) in [6, 6.07) is 12.3. The van der Waals surface area contributed by atoms with Crippen LogP contribution >= 0.6 is 0 Å². The Morgan fingerprint density at radius 1 is 1.25 bits per heavy atom. The fourth-order valence-electron chi connectivity index (χ4n) is 3.46. The van der Waals surface area contributed by atoms with Crippen LogP contribution in [0.1, 0.15) is 37.5 Å². The van der Waals surface area contributed by atoms with E-state index in [1.54, 1.807) is 53.7 Å². The zero-order chi connectivity index (χ0) is 22.5. The number of esters is 1. The summed E-state index contributed by atoms with van der Waals surface area (Å²) in [5, 5.41) is 0. The molecule has 0 fully saturated rings. The molecular formula is C24H21N5O3.